The Hall–Kier alpha value is -3.70. The Morgan fingerprint density at radius 1 is 1.03 bits per heavy atom. The zero-order valence-electron chi connectivity index (χ0n) is 20.3. The van der Waals surface area contributed by atoms with Gasteiger partial charge in [0.1, 0.15) is 0 Å². The molecule has 0 atom stereocenters. The van der Waals surface area contributed by atoms with Crippen molar-refractivity contribution < 1.29 is 4.79 Å². The van der Waals surface area contributed by atoms with Crippen molar-refractivity contribution >= 4 is 28.8 Å². The van der Waals surface area contributed by atoms with Crippen molar-refractivity contribution in [1.82, 2.24) is 24.4 Å². The number of amides is 1. The molecule has 4 aromatic rings. The van der Waals surface area contributed by atoms with E-state index in [2.05, 4.69) is 44.1 Å². The molecule has 0 bridgehead atoms. The number of benzene rings is 2. The normalized spacial score (nSPS) is 14.4. The molecule has 182 valence electrons. The quantitative estimate of drug-likeness (QED) is 0.429. The van der Waals surface area contributed by atoms with Gasteiger partial charge in [0, 0.05) is 73.2 Å². The number of nitrogens with one attached hydrogen (secondary N) is 1. The lowest BCUT2D eigenvalue weighted by Crippen LogP contribution is -2.43. The fourth-order valence-electron chi connectivity index (χ4n) is 4.17. The van der Waals surface area contributed by atoms with E-state index in [1.54, 1.807) is 29.2 Å². The zero-order valence-corrected chi connectivity index (χ0v) is 21.1. The first-order valence-corrected chi connectivity index (χ1v) is 12.3. The molecule has 0 aliphatic carbocycles. The molecule has 1 saturated heterocycles. The van der Waals surface area contributed by atoms with Gasteiger partial charge in [0.25, 0.3) is 5.91 Å². The van der Waals surface area contributed by atoms with Gasteiger partial charge in [-0.3, -0.25) is 9.69 Å². The lowest BCUT2D eigenvalue weighted by molar-refractivity contribution is 0.102. The number of likely N-dealkylation sites (N-methyl/N-ethyl adjacent to an activating group) is 1. The lowest BCUT2D eigenvalue weighted by Gasteiger charge is -2.32. The Bertz CT molecular complexity index is 1480. The maximum absolute atomic E-state index is 13.0. The first kappa shape index (κ1) is 24.0. The zero-order chi connectivity index (χ0) is 25.1. The number of fused-ring (bicyclic) bond motifs is 1. The predicted octanol–water partition coefficient (Wildman–Crippen LogP) is 4.09. The van der Waals surface area contributed by atoms with E-state index < -0.39 is 0 Å². The summed E-state index contributed by atoms with van der Waals surface area (Å²) in [5, 5.41) is 7.84. The Balaban J connectivity index is 1.29. The Labute approximate surface area is 215 Å². The van der Waals surface area contributed by atoms with Gasteiger partial charge < -0.3 is 10.2 Å². The minimum Gasteiger partial charge on any atom is -0.322 e. The molecule has 1 aliphatic rings. The summed E-state index contributed by atoms with van der Waals surface area (Å²) in [4.78, 5) is 22.0. The number of piperazine rings is 1. The molecule has 36 heavy (non-hydrogen) atoms. The van der Waals surface area contributed by atoms with Crippen LogP contribution in [-0.4, -0.2) is 63.5 Å². The summed E-state index contributed by atoms with van der Waals surface area (Å²) in [5.41, 5.74) is 5.51. The van der Waals surface area contributed by atoms with Crippen LogP contribution in [-0.2, 0) is 6.54 Å². The Morgan fingerprint density at radius 3 is 2.64 bits per heavy atom. The van der Waals surface area contributed by atoms with Crippen LogP contribution < -0.4 is 5.32 Å². The van der Waals surface area contributed by atoms with Gasteiger partial charge in [-0.05, 0) is 55.4 Å². The maximum Gasteiger partial charge on any atom is 0.255 e. The largest absolute Gasteiger partial charge is 0.322 e. The number of aryl methyl sites for hydroxylation is 1. The van der Waals surface area contributed by atoms with Gasteiger partial charge in [-0.2, -0.15) is 5.10 Å². The number of carbonyl (C=O) groups is 1. The molecule has 5 rings (SSSR count). The van der Waals surface area contributed by atoms with Gasteiger partial charge in [0.15, 0.2) is 5.65 Å². The van der Waals surface area contributed by atoms with Gasteiger partial charge in [-0.15, -0.1) is 0 Å². The van der Waals surface area contributed by atoms with Crippen LogP contribution in [0.3, 0.4) is 0 Å². The average molecular weight is 499 g/mol. The minimum absolute atomic E-state index is 0.208. The first-order chi connectivity index (χ1) is 17.5. The molecule has 0 radical (unpaired) electrons. The highest BCUT2D eigenvalue weighted by molar-refractivity contribution is 6.31. The van der Waals surface area contributed by atoms with Crippen molar-refractivity contribution in [2.75, 3.05) is 38.5 Å². The molecule has 1 N–H and O–H groups in total. The molecule has 3 heterocycles. The standard InChI is InChI=1S/C28H27ClN6O/c1-20-3-4-23(17-22(20)6-5-21-9-10-31-35-12-11-30-27(21)35)28(36)32-25-8-7-24(26(29)18-25)19-34-15-13-33(2)14-16-34/h3-4,7-12,17-18H,13-16,19H2,1-2H3,(H,32,36). The fourth-order valence-corrected chi connectivity index (χ4v) is 4.41. The molecule has 0 spiro atoms. The summed E-state index contributed by atoms with van der Waals surface area (Å²) in [6.45, 7) is 6.96. The summed E-state index contributed by atoms with van der Waals surface area (Å²) >= 11 is 6.57. The third-order valence-corrected chi connectivity index (χ3v) is 6.78. The van der Waals surface area contributed by atoms with E-state index in [9.17, 15) is 4.79 Å². The molecule has 8 heteroatoms. The van der Waals surface area contributed by atoms with E-state index in [4.69, 9.17) is 11.6 Å². The number of halogens is 1. The minimum atomic E-state index is -0.208. The fraction of sp³-hybridized carbons (Fsp3) is 0.250. The summed E-state index contributed by atoms with van der Waals surface area (Å²) < 4.78 is 1.68. The summed E-state index contributed by atoms with van der Waals surface area (Å²) in [6.07, 6.45) is 5.16. The number of hydrogen-bond donors (Lipinski definition) is 1. The molecule has 0 saturated carbocycles. The van der Waals surface area contributed by atoms with Gasteiger partial charge in [0.05, 0.1) is 5.56 Å². The maximum atomic E-state index is 13.0. The van der Waals surface area contributed by atoms with Crippen molar-refractivity contribution in [1.29, 1.82) is 0 Å². The van der Waals surface area contributed by atoms with Crippen LogP contribution in [0.4, 0.5) is 5.69 Å². The molecule has 2 aromatic heterocycles. The first-order valence-electron chi connectivity index (χ1n) is 11.9. The van der Waals surface area contributed by atoms with E-state index in [1.807, 2.05) is 43.3 Å². The van der Waals surface area contributed by atoms with Crippen LogP contribution in [0, 0.1) is 18.8 Å². The monoisotopic (exact) mass is 498 g/mol. The van der Waals surface area contributed by atoms with Gasteiger partial charge in [-0.1, -0.05) is 35.6 Å². The van der Waals surface area contributed by atoms with Crippen LogP contribution >= 0.6 is 11.6 Å². The third kappa shape index (κ3) is 5.42. The SMILES string of the molecule is Cc1ccc(C(=O)Nc2ccc(CN3CCN(C)CC3)c(Cl)c2)cc1C#Cc1ccnn2ccnc12. The van der Waals surface area contributed by atoms with Crippen LogP contribution in [0.5, 0.6) is 0 Å². The van der Waals surface area contributed by atoms with Crippen molar-refractivity contribution in [3.05, 3.63) is 93.9 Å². The molecule has 1 aliphatic heterocycles. The van der Waals surface area contributed by atoms with E-state index in [0.29, 0.717) is 21.9 Å². The second kappa shape index (κ2) is 10.5. The summed E-state index contributed by atoms with van der Waals surface area (Å²) in [5.74, 6) is 6.15. The average Bonchev–Trinajstić information content (AvgIpc) is 3.36. The number of nitrogens with zero attached hydrogens (tertiary/aromatic N) is 5. The van der Waals surface area contributed by atoms with E-state index in [-0.39, 0.29) is 5.91 Å². The predicted molar refractivity (Wildman–Crippen MR) is 142 cm³/mol. The second-order valence-corrected chi connectivity index (χ2v) is 9.47. The number of anilines is 1. The molecule has 0 unspecified atom stereocenters. The van der Waals surface area contributed by atoms with E-state index in [0.717, 1.165) is 55.0 Å². The van der Waals surface area contributed by atoms with Crippen molar-refractivity contribution in [3.63, 3.8) is 0 Å². The number of carbonyl (C=O) groups excluding carboxylic acids is 1. The van der Waals surface area contributed by atoms with Crippen molar-refractivity contribution in [2.45, 2.75) is 13.5 Å². The highest BCUT2D eigenvalue weighted by Gasteiger charge is 2.16. The number of aromatic nitrogens is 3. The molecule has 7 nitrogen and oxygen atoms in total. The van der Waals surface area contributed by atoms with Gasteiger partial charge >= 0.3 is 0 Å². The molecule has 1 fully saturated rings. The summed E-state index contributed by atoms with van der Waals surface area (Å²) in [7, 11) is 2.14. The number of imidazole rings is 1. The van der Waals surface area contributed by atoms with Gasteiger partial charge in [0.2, 0.25) is 0 Å². The van der Waals surface area contributed by atoms with E-state index >= 15 is 0 Å². The van der Waals surface area contributed by atoms with Crippen LogP contribution in [0.15, 0.2) is 61.1 Å². The smallest absolute Gasteiger partial charge is 0.255 e. The van der Waals surface area contributed by atoms with Crippen molar-refractivity contribution in [3.8, 4) is 11.8 Å². The Morgan fingerprint density at radius 2 is 1.83 bits per heavy atom. The van der Waals surface area contributed by atoms with Crippen LogP contribution in [0.2, 0.25) is 5.02 Å². The highest BCUT2D eigenvalue weighted by Crippen LogP contribution is 2.23. The summed E-state index contributed by atoms with van der Waals surface area (Å²) in [6, 6.07) is 13.1. The topological polar surface area (TPSA) is 65.8 Å². The number of hydrogen-bond acceptors (Lipinski definition) is 5. The molecule has 1 amide bonds. The van der Waals surface area contributed by atoms with Crippen molar-refractivity contribution in [2.24, 2.45) is 0 Å². The second-order valence-electron chi connectivity index (χ2n) is 9.06. The molecule has 2 aromatic carbocycles. The third-order valence-electron chi connectivity index (χ3n) is 6.43. The lowest BCUT2D eigenvalue weighted by atomic mass is 10.0. The van der Waals surface area contributed by atoms with E-state index in [1.165, 1.54) is 0 Å². The Kier molecular flexibility index (Phi) is 7.01. The highest BCUT2D eigenvalue weighted by atomic mass is 35.5. The molecular formula is C28H27ClN6O. The van der Waals surface area contributed by atoms with Crippen LogP contribution in [0.1, 0.15) is 32.6 Å². The van der Waals surface area contributed by atoms with Gasteiger partial charge in [-0.25, -0.2) is 9.50 Å². The molecular weight excluding hydrogens is 472 g/mol. The van der Waals surface area contributed by atoms with Crippen LogP contribution in [0.25, 0.3) is 5.65 Å². The number of rotatable bonds is 4.